The third-order valence-corrected chi connectivity index (χ3v) is 3.55. The van der Waals surface area contributed by atoms with Gasteiger partial charge in [0, 0.05) is 18.0 Å². The van der Waals surface area contributed by atoms with Crippen LogP contribution in [-0.2, 0) is 4.74 Å². The Bertz CT molecular complexity index is 680. The van der Waals surface area contributed by atoms with Crippen LogP contribution in [-0.4, -0.2) is 26.5 Å². The van der Waals surface area contributed by atoms with E-state index in [1.165, 1.54) is 0 Å². The van der Waals surface area contributed by atoms with Crippen LogP contribution in [0.25, 0.3) is 6.08 Å². The molecule has 130 valence electrons. The highest BCUT2D eigenvalue weighted by Crippen LogP contribution is 2.11. The Kier molecular flexibility index (Phi) is 9.60. The topological polar surface area (TPSA) is 60.8 Å². The van der Waals surface area contributed by atoms with Crippen LogP contribution < -0.4 is 0 Å². The van der Waals surface area contributed by atoms with Crippen molar-refractivity contribution in [1.29, 1.82) is 0 Å². The van der Waals surface area contributed by atoms with Gasteiger partial charge in [0.25, 0.3) is 0 Å². The minimum atomic E-state index is 0.186. The molecule has 2 heterocycles. The van der Waals surface area contributed by atoms with Crippen LogP contribution in [0, 0.1) is 13.8 Å². The number of rotatable bonds is 5. The summed E-state index contributed by atoms with van der Waals surface area (Å²) in [4.78, 5) is 15.4. The molecule has 8 heteroatoms. The van der Waals surface area contributed by atoms with E-state index in [1.54, 1.807) is 24.7 Å². The summed E-state index contributed by atoms with van der Waals surface area (Å²) in [5, 5.41) is 0.856. The van der Waals surface area contributed by atoms with Crippen LogP contribution in [0.1, 0.15) is 36.6 Å². The summed E-state index contributed by atoms with van der Waals surface area (Å²) in [6, 6.07) is 0. The third kappa shape index (κ3) is 7.90. The van der Waals surface area contributed by atoms with Gasteiger partial charge in [0.15, 0.2) is 0 Å². The molecule has 5 nitrogen and oxygen atoms in total. The molecule has 0 bridgehead atoms. The maximum absolute atomic E-state index is 5.68. The van der Waals surface area contributed by atoms with Gasteiger partial charge in [-0.05, 0) is 55.1 Å². The normalized spacial score (nSPS) is 10.4. The molecule has 0 aliphatic rings. The zero-order chi connectivity index (χ0) is 17.9. The number of hydrogen-bond donors (Lipinski definition) is 0. The van der Waals surface area contributed by atoms with E-state index in [0.29, 0.717) is 5.15 Å². The second-order valence-electron chi connectivity index (χ2n) is 4.85. The molecule has 0 N–H and O–H groups in total. The molecule has 24 heavy (non-hydrogen) atoms. The largest absolute Gasteiger partial charge is 0.501 e. The summed E-state index contributed by atoms with van der Waals surface area (Å²) in [6.07, 6.45) is 8.93. The summed E-state index contributed by atoms with van der Waals surface area (Å²) >= 11 is 16.7. The van der Waals surface area contributed by atoms with Crippen LogP contribution in [0.5, 0.6) is 0 Å². The van der Waals surface area contributed by atoms with E-state index in [9.17, 15) is 0 Å². The van der Waals surface area contributed by atoms with Crippen molar-refractivity contribution in [2.45, 2.75) is 33.6 Å². The van der Waals surface area contributed by atoms with Crippen molar-refractivity contribution in [2.75, 3.05) is 6.61 Å². The fraction of sp³-hybridized carbons (Fsp3) is 0.375. The average Bonchev–Trinajstić information content (AvgIpc) is 2.55. The molecule has 0 unspecified atom stereocenters. The van der Waals surface area contributed by atoms with Crippen LogP contribution in [0.4, 0.5) is 0 Å². The number of aryl methyl sites for hydroxylation is 2. The highest BCUT2D eigenvalue weighted by atomic mass is 35.5. The molecule has 0 amide bonds. The molecular weight excluding hydrogens is 371 g/mol. The van der Waals surface area contributed by atoms with Crippen LogP contribution in [0.3, 0.4) is 0 Å². The molecule has 0 radical (unpaired) electrons. The Hall–Kier alpha value is -1.43. The van der Waals surface area contributed by atoms with E-state index < -0.39 is 0 Å². The van der Waals surface area contributed by atoms with Crippen molar-refractivity contribution >= 4 is 40.9 Å². The predicted octanol–water partition coefficient (Wildman–Crippen LogP) is 5.32. The summed E-state index contributed by atoms with van der Waals surface area (Å²) < 4.78 is 5.29. The number of ether oxygens (including phenoxy) is 1. The monoisotopic (exact) mass is 388 g/mol. The molecule has 0 saturated carbocycles. The van der Waals surface area contributed by atoms with E-state index >= 15 is 0 Å². The molecule has 0 aromatic carbocycles. The fourth-order valence-electron chi connectivity index (χ4n) is 1.41. The molecule has 0 saturated heterocycles. The highest BCUT2D eigenvalue weighted by Gasteiger charge is 1.98. The Morgan fingerprint density at radius 2 is 1.62 bits per heavy atom. The Balaban J connectivity index is 0.000000272. The predicted molar refractivity (Wildman–Crippen MR) is 98.5 cm³/mol. The first-order chi connectivity index (χ1) is 11.4. The lowest BCUT2D eigenvalue weighted by molar-refractivity contribution is 0.246. The maximum atomic E-state index is 5.68. The lowest BCUT2D eigenvalue weighted by Gasteiger charge is -2.00. The first-order valence-electron chi connectivity index (χ1n) is 7.36. The molecule has 0 spiro atoms. The molecule has 2 aromatic heterocycles. The number of unbranched alkanes of at least 4 members (excludes halogenated alkanes) is 1. The van der Waals surface area contributed by atoms with Gasteiger partial charge in [-0.15, -0.1) is 0 Å². The summed E-state index contributed by atoms with van der Waals surface area (Å²) in [7, 11) is 0. The van der Waals surface area contributed by atoms with Gasteiger partial charge in [0.2, 0.25) is 10.6 Å². The molecule has 0 aliphatic carbocycles. The Morgan fingerprint density at radius 3 is 2.21 bits per heavy atom. The smallest absolute Gasteiger partial charge is 0.223 e. The van der Waals surface area contributed by atoms with Crippen LogP contribution in [0.2, 0.25) is 15.7 Å². The molecular formula is C16H19Cl3N4O. The van der Waals surface area contributed by atoms with Crippen molar-refractivity contribution in [2.24, 2.45) is 0 Å². The highest BCUT2D eigenvalue weighted by molar-refractivity contribution is 6.32. The number of aromatic nitrogens is 4. The number of halogens is 3. The third-order valence-electron chi connectivity index (χ3n) is 2.80. The van der Waals surface area contributed by atoms with Gasteiger partial charge in [-0.25, -0.2) is 19.9 Å². The van der Waals surface area contributed by atoms with Crippen molar-refractivity contribution in [3.63, 3.8) is 0 Å². The maximum Gasteiger partial charge on any atom is 0.223 e. The van der Waals surface area contributed by atoms with E-state index in [-0.39, 0.29) is 10.6 Å². The SMILES string of the molecule is CCCCO/C=C/c1nc(Cl)ncc1C.Cc1cnc(Cl)nc1Cl. The quantitative estimate of drug-likeness (QED) is 0.300. The van der Waals surface area contributed by atoms with E-state index in [0.717, 1.165) is 36.3 Å². The van der Waals surface area contributed by atoms with Crippen molar-refractivity contribution < 1.29 is 4.74 Å². The molecule has 0 aliphatic heterocycles. The second-order valence-corrected chi connectivity index (χ2v) is 5.88. The van der Waals surface area contributed by atoms with E-state index in [1.807, 2.05) is 13.8 Å². The number of nitrogens with zero attached hydrogens (tertiary/aromatic N) is 4. The minimum Gasteiger partial charge on any atom is -0.501 e. The molecule has 2 aromatic rings. The van der Waals surface area contributed by atoms with Gasteiger partial charge in [-0.3, -0.25) is 0 Å². The standard InChI is InChI=1S/C11H15ClN2O.C5H4Cl2N2/c1-3-4-6-15-7-5-10-9(2)8-13-11(12)14-10;1-3-2-8-5(7)9-4(3)6/h5,7-8H,3-4,6H2,1-2H3;2H,1H3/b7-5+;. The lowest BCUT2D eigenvalue weighted by Crippen LogP contribution is -1.91. The second kappa shape index (κ2) is 11.2. The van der Waals surface area contributed by atoms with Crippen LogP contribution >= 0.6 is 34.8 Å². The lowest BCUT2D eigenvalue weighted by atomic mass is 10.2. The van der Waals surface area contributed by atoms with Gasteiger partial charge in [0.1, 0.15) is 5.15 Å². The zero-order valence-electron chi connectivity index (χ0n) is 13.8. The summed E-state index contributed by atoms with van der Waals surface area (Å²) in [5.74, 6) is 0. The van der Waals surface area contributed by atoms with Crippen LogP contribution in [0.15, 0.2) is 18.7 Å². The van der Waals surface area contributed by atoms with Crippen molar-refractivity contribution in [3.8, 4) is 0 Å². The molecule has 0 atom stereocenters. The number of hydrogen-bond acceptors (Lipinski definition) is 5. The summed E-state index contributed by atoms with van der Waals surface area (Å²) in [6.45, 7) is 6.62. The Morgan fingerprint density at radius 1 is 1.00 bits per heavy atom. The van der Waals surface area contributed by atoms with Gasteiger partial charge < -0.3 is 4.74 Å². The zero-order valence-corrected chi connectivity index (χ0v) is 16.0. The first kappa shape index (κ1) is 20.6. The van der Waals surface area contributed by atoms with Gasteiger partial charge in [0.05, 0.1) is 18.6 Å². The van der Waals surface area contributed by atoms with Gasteiger partial charge >= 0.3 is 0 Å². The van der Waals surface area contributed by atoms with Crippen molar-refractivity contribution in [3.05, 3.63) is 51.2 Å². The van der Waals surface area contributed by atoms with E-state index in [2.05, 4.69) is 26.9 Å². The fourth-order valence-corrected chi connectivity index (χ4v) is 1.86. The van der Waals surface area contributed by atoms with Gasteiger partial charge in [-0.1, -0.05) is 24.9 Å². The average molecular weight is 390 g/mol. The van der Waals surface area contributed by atoms with Gasteiger partial charge in [-0.2, -0.15) is 0 Å². The minimum absolute atomic E-state index is 0.186. The molecule has 0 fully saturated rings. The van der Waals surface area contributed by atoms with Crippen molar-refractivity contribution in [1.82, 2.24) is 19.9 Å². The first-order valence-corrected chi connectivity index (χ1v) is 8.49. The Labute approximate surface area is 157 Å². The van der Waals surface area contributed by atoms with E-state index in [4.69, 9.17) is 39.5 Å². The summed E-state index contributed by atoms with van der Waals surface area (Å²) in [5.41, 5.74) is 2.61. The molecule has 2 rings (SSSR count).